The first kappa shape index (κ1) is 13.5. The van der Waals surface area contributed by atoms with Gasteiger partial charge in [-0.25, -0.2) is 0 Å². The quantitative estimate of drug-likeness (QED) is 0.358. The van der Waals surface area contributed by atoms with E-state index in [-0.39, 0.29) is 6.42 Å². The van der Waals surface area contributed by atoms with Crippen LogP contribution in [0.4, 0.5) is 0 Å². The summed E-state index contributed by atoms with van der Waals surface area (Å²) in [6.45, 7) is 1.34. The minimum Gasteiger partial charge on any atom is -0.391 e. The maximum absolute atomic E-state index is 11.2. The van der Waals surface area contributed by atoms with Gasteiger partial charge in [-0.2, -0.15) is 0 Å². The molecule has 86 valence electrons. The zero-order valence-electron chi connectivity index (χ0n) is 8.34. The van der Waals surface area contributed by atoms with Crippen LogP contribution >= 0.6 is 0 Å². The molecule has 0 aliphatic rings. The molecule has 0 spiro atoms. The summed E-state index contributed by atoms with van der Waals surface area (Å²) in [7, 11) is 0. The van der Waals surface area contributed by atoms with Crippen LogP contribution in [-0.2, 0) is 14.4 Å². The van der Waals surface area contributed by atoms with E-state index in [1.807, 2.05) is 0 Å². The molecule has 0 aromatic rings. The van der Waals surface area contributed by atoms with Crippen molar-refractivity contribution >= 4 is 18.1 Å². The molecular formula is C8H15N3O4. The van der Waals surface area contributed by atoms with Gasteiger partial charge >= 0.3 is 0 Å². The number of aliphatic hydroxyl groups excluding tert-OH is 1. The summed E-state index contributed by atoms with van der Waals surface area (Å²) in [5.41, 5.74) is 10.2. The highest BCUT2D eigenvalue weighted by molar-refractivity contribution is 5.87. The number of carbonyl (C=O) groups is 3. The third-order valence-corrected chi connectivity index (χ3v) is 1.74. The molecule has 0 aromatic carbocycles. The zero-order valence-corrected chi connectivity index (χ0v) is 8.34. The second-order valence-corrected chi connectivity index (χ2v) is 3.19. The molecule has 0 rings (SSSR count). The molecule has 7 heteroatoms. The summed E-state index contributed by atoms with van der Waals surface area (Å²) >= 11 is 0. The topological polar surface area (TPSA) is 136 Å². The van der Waals surface area contributed by atoms with Crippen molar-refractivity contribution in [1.29, 1.82) is 0 Å². The van der Waals surface area contributed by atoms with Gasteiger partial charge in [-0.05, 0) is 6.92 Å². The number of hydrogen-bond donors (Lipinski definition) is 4. The predicted molar refractivity (Wildman–Crippen MR) is 51.5 cm³/mol. The number of carbonyl (C=O) groups excluding carboxylic acids is 3. The summed E-state index contributed by atoms with van der Waals surface area (Å²) in [6.07, 6.45) is -0.940. The second-order valence-electron chi connectivity index (χ2n) is 3.19. The average Bonchev–Trinajstić information content (AvgIpc) is 2.14. The number of aliphatic hydroxyl groups is 1. The van der Waals surface area contributed by atoms with Gasteiger partial charge in [0.25, 0.3) is 0 Å². The molecule has 6 N–H and O–H groups in total. The standard InChI is InChI=1S/C8H15N3O4/c1-4(13)7(10)8(15)11-5(3-12)2-6(9)14/h3-5,7,13H,2,10H2,1H3,(H2,9,14)(H,11,15)/t4-,5+,7+/m1/s1. The molecule has 3 atom stereocenters. The molecule has 0 aromatic heterocycles. The molecule has 2 amide bonds. The lowest BCUT2D eigenvalue weighted by Gasteiger charge is -2.17. The molecule has 0 bridgehead atoms. The predicted octanol–water partition coefficient (Wildman–Crippen LogP) is -2.75. The van der Waals surface area contributed by atoms with E-state index >= 15 is 0 Å². The van der Waals surface area contributed by atoms with Crippen molar-refractivity contribution in [3.8, 4) is 0 Å². The normalized spacial score (nSPS) is 16.2. The maximum Gasteiger partial charge on any atom is 0.240 e. The van der Waals surface area contributed by atoms with Crippen LogP contribution in [0.15, 0.2) is 0 Å². The molecule has 0 radical (unpaired) electrons. The minimum absolute atomic E-state index is 0.290. The number of primary amides is 1. The van der Waals surface area contributed by atoms with E-state index in [0.29, 0.717) is 6.29 Å². The van der Waals surface area contributed by atoms with E-state index in [1.165, 1.54) is 6.92 Å². The fraction of sp³-hybridized carbons (Fsp3) is 0.625. The zero-order chi connectivity index (χ0) is 12.0. The Morgan fingerprint density at radius 1 is 1.53 bits per heavy atom. The largest absolute Gasteiger partial charge is 0.391 e. The molecular weight excluding hydrogens is 202 g/mol. The number of nitrogens with one attached hydrogen (secondary N) is 1. The van der Waals surface area contributed by atoms with Crippen molar-refractivity contribution in [3.63, 3.8) is 0 Å². The van der Waals surface area contributed by atoms with E-state index in [2.05, 4.69) is 5.32 Å². The Hall–Kier alpha value is -1.47. The van der Waals surface area contributed by atoms with Crippen LogP contribution in [0.5, 0.6) is 0 Å². The molecule has 0 heterocycles. The lowest BCUT2D eigenvalue weighted by atomic mass is 10.1. The first-order valence-electron chi connectivity index (χ1n) is 4.36. The Bertz CT molecular complexity index is 254. The number of hydrogen-bond acceptors (Lipinski definition) is 5. The Kier molecular flexibility index (Phi) is 5.50. The molecule has 15 heavy (non-hydrogen) atoms. The second kappa shape index (κ2) is 6.10. The monoisotopic (exact) mass is 217 g/mol. The summed E-state index contributed by atoms with van der Waals surface area (Å²) in [5, 5.41) is 11.2. The van der Waals surface area contributed by atoms with Gasteiger partial charge in [-0.15, -0.1) is 0 Å². The number of rotatable bonds is 6. The first-order chi connectivity index (χ1) is 6.88. The Morgan fingerprint density at radius 3 is 2.40 bits per heavy atom. The third kappa shape index (κ3) is 5.08. The van der Waals surface area contributed by atoms with Crippen LogP contribution < -0.4 is 16.8 Å². The van der Waals surface area contributed by atoms with Crippen molar-refractivity contribution in [2.45, 2.75) is 31.5 Å². The van der Waals surface area contributed by atoms with Crippen LogP contribution in [0, 0.1) is 0 Å². The third-order valence-electron chi connectivity index (χ3n) is 1.74. The van der Waals surface area contributed by atoms with Crippen LogP contribution in [0.2, 0.25) is 0 Å². The summed E-state index contributed by atoms with van der Waals surface area (Å²) in [4.78, 5) is 32.2. The fourth-order valence-electron chi connectivity index (χ4n) is 0.848. The number of amides is 2. The van der Waals surface area contributed by atoms with Crippen LogP contribution in [0.1, 0.15) is 13.3 Å². The molecule has 0 fully saturated rings. The van der Waals surface area contributed by atoms with Gasteiger partial charge in [0.2, 0.25) is 11.8 Å². The molecule has 0 saturated heterocycles. The van der Waals surface area contributed by atoms with Crippen molar-refractivity contribution in [2.24, 2.45) is 11.5 Å². The number of aldehydes is 1. The smallest absolute Gasteiger partial charge is 0.240 e. The molecule has 0 aliphatic heterocycles. The molecule has 0 aliphatic carbocycles. The Labute approximate surface area is 86.8 Å². The van der Waals surface area contributed by atoms with Gasteiger partial charge < -0.3 is 26.7 Å². The van der Waals surface area contributed by atoms with Crippen molar-refractivity contribution in [1.82, 2.24) is 5.32 Å². The van der Waals surface area contributed by atoms with E-state index in [4.69, 9.17) is 16.6 Å². The summed E-state index contributed by atoms with van der Waals surface area (Å²) < 4.78 is 0. The van der Waals surface area contributed by atoms with E-state index < -0.39 is 30.0 Å². The van der Waals surface area contributed by atoms with Gasteiger partial charge in [0.15, 0.2) is 0 Å². The minimum atomic E-state index is -1.14. The van der Waals surface area contributed by atoms with E-state index in [0.717, 1.165) is 0 Å². The van der Waals surface area contributed by atoms with Crippen LogP contribution in [-0.4, -0.2) is 41.4 Å². The molecule has 7 nitrogen and oxygen atoms in total. The van der Waals surface area contributed by atoms with Gasteiger partial charge in [0, 0.05) is 0 Å². The van der Waals surface area contributed by atoms with Gasteiger partial charge in [-0.1, -0.05) is 0 Å². The number of nitrogens with two attached hydrogens (primary N) is 2. The van der Waals surface area contributed by atoms with Crippen LogP contribution in [0.25, 0.3) is 0 Å². The van der Waals surface area contributed by atoms with E-state index in [1.54, 1.807) is 0 Å². The highest BCUT2D eigenvalue weighted by Gasteiger charge is 2.22. The Balaban J connectivity index is 4.24. The van der Waals surface area contributed by atoms with Gasteiger partial charge in [0.05, 0.1) is 18.6 Å². The van der Waals surface area contributed by atoms with Gasteiger partial charge in [-0.3, -0.25) is 9.59 Å². The van der Waals surface area contributed by atoms with Crippen molar-refractivity contribution in [3.05, 3.63) is 0 Å². The summed E-state index contributed by atoms with van der Waals surface area (Å²) in [6, 6.07) is -2.14. The lowest BCUT2D eigenvalue weighted by molar-refractivity contribution is -0.128. The lowest BCUT2D eigenvalue weighted by Crippen LogP contribution is -2.51. The Morgan fingerprint density at radius 2 is 2.07 bits per heavy atom. The highest BCUT2D eigenvalue weighted by Crippen LogP contribution is 1.92. The first-order valence-corrected chi connectivity index (χ1v) is 4.36. The maximum atomic E-state index is 11.2. The van der Waals surface area contributed by atoms with Crippen molar-refractivity contribution < 1.29 is 19.5 Å². The molecule has 0 saturated carbocycles. The van der Waals surface area contributed by atoms with Gasteiger partial charge in [0.1, 0.15) is 12.3 Å². The fourth-order valence-corrected chi connectivity index (χ4v) is 0.848. The van der Waals surface area contributed by atoms with Crippen molar-refractivity contribution in [2.75, 3.05) is 0 Å². The SMILES string of the molecule is C[C@@H](O)[C@H](N)C(=O)N[C@H](C=O)CC(N)=O. The van der Waals surface area contributed by atoms with Crippen LogP contribution in [0.3, 0.4) is 0 Å². The summed E-state index contributed by atoms with van der Waals surface area (Å²) in [5.74, 6) is -1.42. The molecule has 0 unspecified atom stereocenters. The van der Waals surface area contributed by atoms with E-state index in [9.17, 15) is 14.4 Å². The average molecular weight is 217 g/mol. The highest BCUT2D eigenvalue weighted by atomic mass is 16.3.